The smallest absolute Gasteiger partial charge is 0.0417 e. The molecule has 6 aliphatic carbocycles. The number of hydrogen-bond acceptors (Lipinski definition) is 0. The lowest BCUT2D eigenvalue weighted by Crippen LogP contribution is -2.64. The highest BCUT2D eigenvalue weighted by molar-refractivity contribution is 6.05. The van der Waals surface area contributed by atoms with Crippen LogP contribution in [0, 0.1) is 11.8 Å². The summed E-state index contributed by atoms with van der Waals surface area (Å²) < 4.78 is 0. The average molecular weight is 805 g/mol. The van der Waals surface area contributed by atoms with Gasteiger partial charge in [0.25, 0.3) is 0 Å². The van der Waals surface area contributed by atoms with Crippen molar-refractivity contribution in [1.29, 1.82) is 0 Å². The normalized spacial score (nSPS) is 25.1. The van der Waals surface area contributed by atoms with Gasteiger partial charge in [-0.25, -0.2) is 0 Å². The maximum Gasteiger partial charge on any atom is 0.0417 e. The highest BCUT2D eigenvalue weighted by Crippen LogP contribution is 2.74. The Morgan fingerprint density at radius 3 is 1.38 bits per heavy atom. The molecule has 0 saturated heterocycles. The van der Waals surface area contributed by atoms with Crippen LogP contribution < -0.4 is 0 Å². The maximum atomic E-state index is 2.75. The van der Waals surface area contributed by atoms with Gasteiger partial charge in [0, 0.05) is 33.5 Å². The predicted octanol–water partition coefficient (Wildman–Crippen LogP) is 15.0. The lowest BCUT2D eigenvalue weighted by molar-refractivity contribution is 0.138. The first-order chi connectivity index (χ1) is 30.9. The molecule has 0 spiro atoms. The Labute approximate surface area is 370 Å². The average Bonchev–Trinajstić information content (AvgIpc) is 3.73. The van der Waals surface area contributed by atoms with E-state index in [4.69, 9.17) is 0 Å². The van der Waals surface area contributed by atoms with Gasteiger partial charge in [0.15, 0.2) is 0 Å². The summed E-state index contributed by atoms with van der Waals surface area (Å²) in [6.07, 6.45) is 7.42. The lowest BCUT2D eigenvalue weighted by atomic mass is 9.35. The fraction of sp³-hybridized carbons (Fsp3) is 0.175. The minimum absolute atomic E-state index is 0.119. The zero-order valence-corrected chi connectivity index (χ0v) is 36.1. The van der Waals surface area contributed by atoms with Gasteiger partial charge < -0.3 is 0 Å². The zero-order valence-electron chi connectivity index (χ0n) is 36.1. The van der Waals surface area contributed by atoms with E-state index in [-0.39, 0.29) is 22.7 Å². The van der Waals surface area contributed by atoms with E-state index in [2.05, 4.69) is 221 Å². The molecule has 0 aliphatic heterocycles. The molecule has 1 fully saturated rings. The standard InChI is InChI=1S/C63H48/c1-60(2)52-32-30-39-18-13-15-28-46(39)58(52)50-35-48-49-36-51-55-38-57(49)63(43-24-11-6-12-25-43,62(56(48)37-54(50)60,41-20-7-4-8-21-41)42-22-9-5-10-23-42)45-27-17-26-44(34-45)61(55,3)53-33-31-40-19-14-16-29-47(40)59(51)53/h4-36,56-57H,37-38H2,1-3H3. The van der Waals surface area contributed by atoms with Crippen molar-refractivity contribution in [3.63, 3.8) is 0 Å². The van der Waals surface area contributed by atoms with Gasteiger partial charge in [0.1, 0.15) is 0 Å². The Hall–Kier alpha value is -6.76. The summed E-state index contributed by atoms with van der Waals surface area (Å²) in [6.45, 7) is 7.55. The molecule has 0 heterocycles. The Bertz CT molecular complexity index is 3390. The second-order valence-electron chi connectivity index (χ2n) is 20.0. The largest absolute Gasteiger partial charge is 0.0622 e. The number of allylic oxidation sites excluding steroid dienone is 8. The minimum Gasteiger partial charge on any atom is -0.0622 e. The molecule has 0 nitrogen and oxygen atoms in total. The highest BCUT2D eigenvalue weighted by Gasteiger charge is 2.69. The third-order valence-electron chi connectivity index (χ3n) is 17.4. The van der Waals surface area contributed by atoms with E-state index in [0.717, 1.165) is 12.8 Å². The van der Waals surface area contributed by atoms with Crippen LogP contribution in [0.4, 0.5) is 0 Å². The van der Waals surface area contributed by atoms with Gasteiger partial charge in [-0.1, -0.05) is 220 Å². The molecular weight excluding hydrogens is 757 g/mol. The van der Waals surface area contributed by atoms with Crippen molar-refractivity contribution in [2.75, 3.05) is 0 Å². The molecule has 0 aromatic heterocycles. The second-order valence-corrected chi connectivity index (χ2v) is 20.0. The van der Waals surface area contributed by atoms with Crippen LogP contribution in [0.3, 0.4) is 0 Å². The summed E-state index contributed by atoms with van der Waals surface area (Å²) in [5.74, 6) is 0.258. The first kappa shape index (κ1) is 35.8. The molecule has 4 bridgehead atoms. The molecule has 8 aromatic carbocycles. The molecule has 63 heavy (non-hydrogen) atoms. The van der Waals surface area contributed by atoms with E-state index < -0.39 is 10.8 Å². The molecule has 8 aromatic rings. The Morgan fingerprint density at radius 2 is 0.810 bits per heavy atom. The van der Waals surface area contributed by atoms with Gasteiger partial charge in [-0.3, -0.25) is 0 Å². The number of benzene rings is 8. The fourth-order valence-corrected chi connectivity index (χ4v) is 14.9. The number of rotatable bonds is 3. The molecular formula is C63H48. The quantitative estimate of drug-likeness (QED) is 0.167. The SMILES string of the molecule is CC1(C)C2=C(C=C3C4=CC5=C6CC4C(c4ccccc4)(c4cccc(c4)C6(C)c4ccc6ccccc6c45)C(c4ccccc4)(c4ccccc4)C3C2)c2c1ccc1ccccc21. The molecule has 14 rings (SSSR count). The minimum atomic E-state index is -0.501. The summed E-state index contributed by atoms with van der Waals surface area (Å²) in [4.78, 5) is 0. The van der Waals surface area contributed by atoms with Gasteiger partial charge in [-0.2, -0.15) is 0 Å². The van der Waals surface area contributed by atoms with Crippen LogP contribution in [-0.4, -0.2) is 0 Å². The third kappa shape index (κ3) is 4.15. The topological polar surface area (TPSA) is 0 Å². The van der Waals surface area contributed by atoms with Gasteiger partial charge in [-0.15, -0.1) is 0 Å². The van der Waals surface area contributed by atoms with Crippen LogP contribution in [-0.2, 0) is 21.7 Å². The van der Waals surface area contributed by atoms with Crippen LogP contribution in [0.5, 0.6) is 0 Å². The van der Waals surface area contributed by atoms with Crippen LogP contribution in [0.1, 0.15) is 83.7 Å². The fourth-order valence-electron chi connectivity index (χ4n) is 14.9. The van der Waals surface area contributed by atoms with E-state index in [0.29, 0.717) is 0 Å². The third-order valence-corrected chi connectivity index (χ3v) is 17.4. The molecule has 0 amide bonds. The van der Waals surface area contributed by atoms with Crippen molar-refractivity contribution >= 4 is 32.7 Å². The summed E-state index contributed by atoms with van der Waals surface area (Å²) in [6, 6.07) is 73.3. The molecule has 6 aliphatic rings. The molecule has 0 N–H and O–H groups in total. The van der Waals surface area contributed by atoms with Crippen molar-refractivity contribution < 1.29 is 0 Å². The van der Waals surface area contributed by atoms with Gasteiger partial charge in [0.2, 0.25) is 0 Å². The highest BCUT2D eigenvalue weighted by atomic mass is 14.7. The molecule has 300 valence electrons. The summed E-state index contributed by atoms with van der Waals surface area (Å²) in [5.41, 5.74) is 20.5. The molecule has 4 unspecified atom stereocenters. The van der Waals surface area contributed by atoms with Crippen LogP contribution >= 0.6 is 0 Å². The van der Waals surface area contributed by atoms with Crippen molar-refractivity contribution in [2.24, 2.45) is 11.8 Å². The van der Waals surface area contributed by atoms with Gasteiger partial charge in [0.05, 0.1) is 0 Å². The molecule has 4 atom stereocenters. The van der Waals surface area contributed by atoms with Crippen molar-refractivity contribution in [2.45, 2.75) is 55.3 Å². The molecule has 0 radical (unpaired) electrons. The molecule has 1 saturated carbocycles. The van der Waals surface area contributed by atoms with Gasteiger partial charge >= 0.3 is 0 Å². The van der Waals surface area contributed by atoms with Crippen molar-refractivity contribution in [3.05, 3.63) is 273 Å². The summed E-state index contributed by atoms with van der Waals surface area (Å²) in [7, 11) is 0. The van der Waals surface area contributed by atoms with E-state index in [1.165, 1.54) is 93.9 Å². The Balaban J connectivity index is 1.20. The van der Waals surface area contributed by atoms with Crippen LogP contribution in [0.2, 0.25) is 0 Å². The first-order valence-corrected chi connectivity index (χ1v) is 23.1. The molecule has 0 heteroatoms. The number of fused-ring (bicyclic) bond motifs is 15. The van der Waals surface area contributed by atoms with Gasteiger partial charge in [-0.05, 0) is 119 Å². The lowest BCUT2D eigenvalue weighted by Gasteiger charge is -2.66. The van der Waals surface area contributed by atoms with E-state index in [1.54, 1.807) is 11.1 Å². The number of hydrogen-bond donors (Lipinski definition) is 0. The zero-order chi connectivity index (χ0) is 41.9. The summed E-state index contributed by atoms with van der Waals surface area (Å²) >= 11 is 0. The van der Waals surface area contributed by atoms with Crippen molar-refractivity contribution in [1.82, 2.24) is 0 Å². The second kappa shape index (κ2) is 12.2. The monoisotopic (exact) mass is 804 g/mol. The van der Waals surface area contributed by atoms with Crippen LogP contribution in [0.25, 0.3) is 32.7 Å². The van der Waals surface area contributed by atoms with E-state index in [1.807, 2.05) is 0 Å². The van der Waals surface area contributed by atoms with Crippen LogP contribution in [0.15, 0.2) is 223 Å². The Kier molecular flexibility index (Phi) is 6.95. The predicted molar refractivity (Wildman–Crippen MR) is 261 cm³/mol. The first-order valence-electron chi connectivity index (χ1n) is 23.1. The van der Waals surface area contributed by atoms with E-state index >= 15 is 0 Å². The van der Waals surface area contributed by atoms with Crippen molar-refractivity contribution in [3.8, 4) is 0 Å². The Morgan fingerprint density at radius 1 is 0.381 bits per heavy atom. The summed E-state index contributed by atoms with van der Waals surface area (Å²) in [5, 5.41) is 5.36. The maximum absolute atomic E-state index is 2.75. The van der Waals surface area contributed by atoms with E-state index in [9.17, 15) is 0 Å².